The molecule has 2 aromatic rings. The lowest BCUT2D eigenvalue weighted by Crippen LogP contribution is -2.08. The molecule has 0 aliphatic rings. The molecule has 0 aliphatic carbocycles. The highest BCUT2D eigenvalue weighted by molar-refractivity contribution is 6.34. The Balaban J connectivity index is 2.03. The number of hydrogen-bond donors (Lipinski definition) is 2. The van der Waals surface area contributed by atoms with E-state index in [1.54, 1.807) is 0 Å². The zero-order chi connectivity index (χ0) is 13.7. The number of anilines is 1. The normalized spacial score (nSPS) is 12.6. The van der Waals surface area contributed by atoms with Crippen LogP contribution in [0.4, 0.5) is 5.82 Å². The van der Waals surface area contributed by atoms with Gasteiger partial charge in [0.25, 0.3) is 0 Å². The summed E-state index contributed by atoms with van der Waals surface area (Å²) in [5.41, 5.74) is 0. The Morgan fingerprint density at radius 3 is 2.74 bits per heavy atom. The number of aliphatic hydroxyl groups excluding tert-OH is 1. The van der Waals surface area contributed by atoms with E-state index in [-0.39, 0.29) is 6.61 Å². The van der Waals surface area contributed by atoms with Gasteiger partial charge < -0.3 is 10.4 Å². The van der Waals surface area contributed by atoms with Gasteiger partial charge in [0.15, 0.2) is 11.0 Å². The molecule has 1 aromatic heterocycles. The number of aromatic nitrogens is 2. The van der Waals surface area contributed by atoms with Gasteiger partial charge in [0, 0.05) is 23.9 Å². The highest BCUT2D eigenvalue weighted by Crippen LogP contribution is 2.25. The Morgan fingerprint density at radius 1 is 1.26 bits per heavy atom. The van der Waals surface area contributed by atoms with Gasteiger partial charge >= 0.3 is 0 Å². The first-order valence-corrected chi connectivity index (χ1v) is 6.86. The lowest BCUT2D eigenvalue weighted by atomic mass is 10.1. The van der Waals surface area contributed by atoms with E-state index in [0.717, 1.165) is 36.0 Å². The van der Waals surface area contributed by atoms with E-state index in [1.165, 1.54) is 0 Å². The summed E-state index contributed by atoms with van der Waals surface area (Å²) in [7, 11) is 0. The van der Waals surface area contributed by atoms with Crippen molar-refractivity contribution >= 4 is 28.2 Å². The van der Waals surface area contributed by atoms with Crippen LogP contribution >= 0.6 is 11.6 Å². The molecule has 19 heavy (non-hydrogen) atoms. The van der Waals surface area contributed by atoms with Crippen LogP contribution in [-0.4, -0.2) is 28.5 Å². The van der Waals surface area contributed by atoms with E-state index in [1.807, 2.05) is 31.2 Å². The zero-order valence-corrected chi connectivity index (χ0v) is 11.7. The number of nitrogens with zero attached hydrogens (tertiary/aromatic N) is 2. The molecule has 5 heteroatoms. The Kier molecular flexibility index (Phi) is 4.93. The van der Waals surface area contributed by atoms with Crippen molar-refractivity contribution in [3.8, 4) is 0 Å². The van der Waals surface area contributed by atoms with Crippen LogP contribution in [0.5, 0.6) is 0 Å². The Bertz CT molecular complexity index is 547. The monoisotopic (exact) mass is 279 g/mol. The van der Waals surface area contributed by atoms with Gasteiger partial charge in [-0.05, 0) is 18.8 Å². The maximum Gasteiger partial charge on any atom is 0.159 e. The highest BCUT2D eigenvalue weighted by atomic mass is 35.5. The average molecular weight is 280 g/mol. The van der Waals surface area contributed by atoms with Crippen LogP contribution < -0.4 is 5.32 Å². The number of benzene rings is 1. The molecule has 1 heterocycles. The van der Waals surface area contributed by atoms with Crippen molar-refractivity contribution in [3.63, 3.8) is 0 Å². The first-order valence-electron chi connectivity index (χ1n) is 6.48. The third kappa shape index (κ3) is 3.55. The van der Waals surface area contributed by atoms with Crippen molar-refractivity contribution in [1.82, 2.24) is 10.2 Å². The SMILES string of the molecule is CC(CO)CCCNc1nnc(Cl)c2ccccc12. The predicted molar refractivity (Wildman–Crippen MR) is 78.5 cm³/mol. The summed E-state index contributed by atoms with van der Waals surface area (Å²) in [6.07, 6.45) is 1.98. The van der Waals surface area contributed by atoms with E-state index < -0.39 is 0 Å². The number of hydrogen-bond acceptors (Lipinski definition) is 4. The molecule has 0 bridgehead atoms. The van der Waals surface area contributed by atoms with Crippen LogP contribution in [-0.2, 0) is 0 Å². The molecule has 0 amide bonds. The van der Waals surface area contributed by atoms with Crippen molar-refractivity contribution in [2.24, 2.45) is 5.92 Å². The minimum Gasteiger partial charge on any atom is -0.396 e. The van der Waals surface area contributed by atoms with Gasteiger partial charge in [-0.25, -0.2) is 0 Å². The standard InChI is InChI=1S/C14H18ClN3O/c1-10(9-19)5-4-8-16-14-12-7-3-2-6-11(12)13(15)17-18-14/h2-3,6-7,10,19H,4-5,8-9H2,1H3,(H,16,18). The lowest BCUT2D eigenvalue weighted by Gasteiger charge is -2.10. The van der Waals surface area contributed by atoms with Gasteiger partial charge in [-0.2, -0.15) is 0 Å². The average Bonchev–Trinajstić information content (AvgIpc) is 2.45. The number of fused-ring (bicyclic) bond motifs is 1. The maximum absolute atomic E-state index is 8.97. The molecule has 0 radical (unpaired) electrons. The molecule has 2 N–H and O–H groups in total. The first-order chi connectivity index (χ1) is 9.22. The van der Waals surface area contributed by atoms with Crippen molar-refractivity contribution in [2.75, 3.05) is 18.5 Å². The van der Waals surface area contributed by atoms with E-state index in [0.29, 0.717) is 11.1 Å². The summed E-state index contributed by atoms with van der Waals surface area (Å²) in [5, 5.41) is 22.6. The fraction of sp³-hybridized carbons (Fsp3) is 0.429. The Hall–Kier alpha value is -1.39. The van der Waals surface area contributed by atoms with E-state index >= 15 is 0 Å². The number of nitrogens with one attached hydrogen (secondary N) is 1. The number of rotatable bonds is 6. The van der Waals surface area contributed by atoms with Crippen LogP contribution in [0.2, 0.25) is 5.15 Å². The van der Waals surface area contributed by atoms with Crippen LogP contribution in [0.25, 0.3) is 10.8 Å². The summed E-state index contributed by atoms with van der Waals surface area (Å²) in [6.45, 7) is 3.09. The molecule has 102 valence electrons. The minimum atomic E-state index is 0.240. The van der Waals surface area contributed by atoms with Gasteiger partial charge in [-0.1, -0.05) is 42.8 Å². The molecule has 1 unspecified atom stereocenters. The number of aliphatic hydroxyl groups is 1. The van der Waals surface area contributed by atoms with E-state index in [4.69, 9.17) is 16.7 Å². The second-order valence-corrected chi connectivity index (χ2v) is 5.10. The molecule has 0 aliphatic heterocycles. The summed E-state index contributed by atoms with van der Waals surface area (Å²) < 4.78 is 0. The second kappa shape index (κ2) is 6.68. The van der Waals surface area contributed by atoms with Crippen molar-refractivity contribution in [3.05, 3.63) is 29.4 Å². The molecule has 0 fully saturated rings. The maximum atomic E-state index is 8.97. The molecule has 1 atom stereocenters. The molecule has 4 nitrogen and oxygen atoms in total. The van der Waals surface area contributed by atoms with Gasteiger partial charge in [0.1, 0.15) is 0 Å². The third-order valence-corrected chi connectivity index (χ3v) is 3.40. The van der Waals surface area contributed by atoms with Gasteiger partial charge in [-0.15, -0.1) is 10.2 Å². The van der Waals surface area contributed by atoms with Crippen LogP contribution in [0, 0.1) is 5.92 Å². The predicted octanol–water partition coefficient (Wildman–Crippen LogP) is 3.10. The third-order valence-electron chi connectivity index (χ3n) is 3.12. The molecule has 0 saturated carbocycles. The first kappa shape index (κ1) is 14.0. The van der Waals surface area contributed by atoms with E-state index in [9.17, 15) is 0 Å². The van der Waals surface area contributed by atoms with Gasteiger partial charge in [0.05, 0.1) is 0 Å². The van der Waals surface area contributed by atoms with Crippen molar-refractivity contribution in [1.29, 1.82) is 0 Å². The zero-order valence-electron chi connectivity index (χ0n) is 10.9. The largest absolute Gasteiger partial charge is 0.396 e. The quantitative estimate of drug-likeness (QED) is 0.798. The smallest absolute Gasteiger partial charge is 0.159 e. The van der Waals surface area contributed by atoms with Gasteiger partial charge in [-0.3, -0.25) is 0 Å². The summed E-state index contributed by atoms with van der Waals surface area (Å²) in [6, 6.07) is 7.81. The molecule has 2 rings (SSSR count). The minimum absolute atomic E-state index is 0.240. The molecular formula is C14H18ClN3O. The fourth-order valence-corrected chi connectivity index (χ4v) is 2.15. The molecular weight excluding hydrogens is 262 g/mol. The molecule has 0 spiro atoms. The lowest BCUT2D eigenvalue weighted by molar-refractivity contribution is 0.229. The topological polar surface area (TPSA) is 58.0 Å². The van der Waals surface area contributed by atoms with Crippen LogP contribution in [0.15, 0.2) is 24.3 Å². The van der Waals surface area contributed by atoms with Gasteiger partial charge in [0.2, 0.25) is 0 Å². The number of halogens is 1. The second-order valence-electron chi connectivity index (χ2n) is 4.74. The Morgan fingerprint density at radius 2 is 2.00 bits per heavy atom. The molecule has 1 aromatic carbocycles. The summed E-state index contributed by atoms with van der Waals surface area (Å²) >= 11 is 6.02. The van der Waals surface area contributed by atoms with Crippen molar-refractivity contribution < 1.29 is 5.11 Å². The highest BCUT2D eigenvalue weighted by Gasteiger charge is 2.06. The summed E-state index contributed by atoms with van der Waals surface area (Å²) in [5.74, 6) is 1.10. The van der Waals surface area contributed by atoms with E-state index in [2.05, 4.69) is 15.5 Å². The Labute approximate surface area is 117 Å². The van der Waals surface area contributed by atoms with Crippen LogP contribution in [0.1, 0.15) is 19.8 Å². The fourth-order valence-electron chi connectivity index (χ4n) is 1.95. The van der Waals surface area contributed by atoms with Crippen LogP contribution in [0.3, 0.4) is 0 Å². The summed E-state index contributed by atoms with van der Waals surface area (Å²) in [4.78, 5) is 0. The van der Waals surface area contributed by atoms with Crippen molar-refractivity contribution in [2.45, 2.75) is 19.8 Å². The molecule has 0 saturated heterocycles.